The van der Waals surface area contributed by atoms with Crippen molar-refractivity contribution in [1.82, 2.24) is 10.2 Å². The number of halogens is 3. The van der Waals surface area contributed by atoms with Gasteiger partial charge in [-0.1, -0.05) is 40.9 Å². The van der Waals surface area contributed by atoms with Gasteiger partial charge >= 0.3 is 0 Å². The molecule has 168 valence electrons. The number of hydrogen-bond donors (Lipinski definition) is 1. The third kappa shape index (κ3) is 7.30. The second kappa shape index (κ2) is 10.6. The number of aryl methyl sites for hydroxylation is 1. The first-order valence-electron chi connectivity index (χ1n) is 9.82. The molecule has 31 heavy (non-hydrogen) atoms. The molecule has 0 aromatic heterocycles. The minimum atomic E-state index is -0.769. The normalized spacial score (nSPS) is 12.3. The van der Waals surface area contributed by atoms with Crippen LogP contribution < -0.4 is 10.1 Å². The maximum absolute atomic E-state index is 13.1. The smallest absolute Gasteiger partial charge is 0.261 e. The Hall–Kier alpha value is -1.95. The number of nitrogens with one attached hydrogen (secondary N) is 1. The van der Waals surface area contributed by atoms with E-state index >= 15 is 0 Å². The van der Waals surface area contributed by atoms with Crippen LogP contribution >= 0.6 is 34.8 Å². The van der Waals surface area contributed by atoms with E-state index in [-0.39, 0.29) is 25.0 Å². The lowest BCUT2D eigenvalue weighted by Gasteiger charge is -2.31. The third-order valence-corrected chi connectivity index (χ3v) is 5.68. The second-order valence-corrected chi connectivity index (χ2v) is 9.56. The molecule has 8 heteroatoms. The molecule has 5 nitrogen and oxygen atoms in total. The molecule has 2 rings (SSSR count). The monoisotopic (exact) mass is 484 g/mol. The van der Waals surface area contributed by atoms with Crippen LogP contribution in [0, 0.1) is 6.92 Å². The first-order chi connectivity index (χ1) is 14.4. The van der Waals surface area contributed by atoms with Gasteiger partial charge in [-0.05, 0) is 70.5 Å². The Morgan fingerprint density at radius 2 is 1.68 bits per heavy atom. The molecule has 0 aliphatic rings. The van der Waals surface area contributed by atoms with Gasteiger partial charge in [-0.3, -0.25) is 9.59 Å². The summed E-state index contributed by atoms with van der Waals surface area (Å²) in [5.74, 6) is -0.149. The molecule has 0 unspecified atom stereocenters. The van der Waals surface area contributed by atoms with Crippen LogP contribution in [0.25, 0.3) is 0 Å². The average Bonchev–Trinajstić information content (AvgIpc) is 2.66. The van der Waals surface area contributed by atoms with E-state index < -0.39 is 11.6 Å². The highest BCUT2D eigenvalue weighted by molar-refractivity contribution is 6.36. The molecule has 2 aromatic rings. The lowest BCUT2D eigenvalue weighted by atomic mass is 10.1. The van der Waals surface area contributed by atoms with Gasteiger partial charge < -0.3 is 15.0 Å². The molecule has 2 amide bonds. The molecule has 0 radical (unpaired) electrons. The summed E-state index contributed by atoms with van der Waals surface area (Å²) in [4.78, 5) is 27.3. The largest absolute Gasteiger partial charge is 0.484 e. The lowest BCUT2D eigenvalue weighted by molar-refractivity contribution is -0.142. The van der Waals surface area contributed by atoms with Gasteiger partial charge in [0, 0.05) is 32.7 Å². The molecule has 0 aliphatic heterocycles. The fourth-order valence-electron chi connectivity index (χ4n) is 2.85. The van der Waals surface area contributed by atoms with Crippen molar-refractivity contribution in [3.05, 3.63) is 62.6 Å². The van der Waals surface area contributed by atoms with Gasteiger partial charge in [0.1, 0.15) is 11.8 Å². The van der Waals surface area contributed by atoms with E-state index in [1.54, 1.807) is 43.3 Å². The average molecular weight is 486 g/mol. The number of carbonyl (C=O) groups excluding carboxylic acids is 2. The van der Waals surface area contributed by atoms with E-state index in [0.717, 1.165) is 5.56 Å². The SMILES string of the molecule is Cc1cc(OCC(=O)N(Cc2c(Cl)cccc2Cl)[C@H](C)C(=O)NC(C)(C)C)ccc1Cl. The Balaban J connectivity index is 2.25. The highest BCUT2D eigenvalue weighted by Gasteiger charge is 2.29. The van der Waals surface area contributed by atoms with Crippen molar-refractivity contribution in [2.45, 2.75) is 52.7 Å². The summed E-state index contributed by atoms with van der Waals surface area (Å²) in [6, 6.07) is 9.49. The van der Waals surface area contributed by atoms with Crippen LogP contribution in [0.15, 0.2) is 36.4 Å². The Morgan fingerprint density at radius 1 is 1.06 bits per heavy atom. The summed E-state index contributed by atoms with van der Waals surface area (Å²) >= 11 is 18.7. The zero-order valence-corrected chi connectivity index (χ0v) is 20.5. The van der Waals surface area contributed by atoms with Gasteiger partial charge in [0.15, 0.2) is 6.61 Å². The minimum Gasteiger partial charge on any atom is -0.484 e. The fourth-order valence-corrected chi connectivity index (χ4v) is 3.48. The summed E-state index contributed by atoms with van der Waals surface area (Å²) in [5.41, 5.74) is 0.959. The lowest BCUT2D eigenvalue weighted by Crippen LogP contribution is -2.53. The molecule has 0 saturated heterocycles. The molecule has 1 N–H and O–H groups in total. The first-order valence-corrected chi connectivity index (χ1v) is 11.0. The second-order valence-electron chi connectivity index (χ2n) is 8.34. The number of carbonyl (C=O) groups is 2. The van der Waals surface area contributed by atoms with Gasteiger partial charge in [0.25, 0.3) is 5.91 Å². The van der Waals surface area contributed by atoms with Gasteiger partial charge in [-0.2, -0.15) is 0 Å². The van der Waals surface area contributed by atoms with Crippen LogP contribution in [0.4, 0.5) is 0 Å². The number of ether oxygens (including phenoxy) is 1. The zero-order chi connectivity index (χ0) is 23.3. The van der Waals surface area contributed by atoms with E-state index in [1.165, 1.54) is 4.90 Å². The van der Waals surface area contributed by atoms with E-state index in [9.17, 15) is 9.59 Å². The molecule has 0 heterocycles. The summed E-state index contributed by atoms with van der Waals surface area (Å²) in [6.45, 7) is 8.95. The van der Waals surface area contributed by atoms with Crippen LogP contribution in [0.5, 0.6) is 5.75 Å². The van der Waals surface area contributed by atoms with Crippen molar-refractivity contribution in [3.8, 4) is 5.75 Å². The van der Waals surface area contributed by atoms with Crippen LogP contribution in [0.3, 0.4) is 0 Å². The first kappa shape index (κ1) is 25.3. The Morgan fingerprint density at radius 3 is 2.23 bits per heavy atom. The Kier molecular flexibility index (Phi) is 8.64. The standard InChI is InChI=1S/C23H27Cl3N2O3/c1-14-11-16(9-10-18(14)24)31-13-21(29)28(15(2)22(30)27-23(3,4)5)12-17-19(25)7-6-8-20(17)26/h6-11,15H,12-13H2,1-5H3,(H,27,30)/t15-/m1/s1. The molecule has 0 fully saturated rings. The number of amides is 2. The maximum atomic E-state index is 13.1. The van der Waals surface area contributed by atoms with Crippen molar-refractivity contribution in [3.63, 3.8) is 0 Å². The van der Waals surface area contributed by atoms with Gasteiger partial charge in [-0.25, -0.2) is 0 Å². The number of nitrogens with zero attached hydrogens (tertiary/aromatic N) is 1. The van der Waals surface area contributed by atoms with E-state index in [4.69, 9.17) is 39.5 Å². The van der Waals surface area contributed by atoms with E-state index in [1.807, 2.05) is 27.7 Å². The molecular weight excluding hydrogens is 459 g/mol. The van der Waals surface area contributed by atoms with Crippen molar-refractivity contribution >= 4 is 46.6 Å². The summed E-state index contributed by atoms with van der Waals surface area (Å²) in [7, 11) is 0. The topological polar surface area (TPSA) is 58.6 Å². The molecule has 0 bridgehead atoms. The van der Waals surface area contributed by atoms with Crippen LogP contribution in [0.1, 0.15) is 38.8 Å². The summed E-state index contributed by atoms with van der Waals surface area (Å²) < 4.78 is 5.67. The van der Waals surface area contributed by atoms with E-state index in [0.29, 0.717) is 26.4 Å². The molecular formula is C23H27Cl3N2O3. The summed E-state index contributed by atoms with van der Waals surface area (Å²) in [6.07, 6.45) is 0. The van der Waals surface area contributed by atoms with Crippen molar-refractivity contribution in [2.75, 3.05) is 6.61 Å². The predicted octanol–water partition coefficient (Wildman–Crippen LogP) is 5.67. The summed E-state index contributed by atoms with van der Waals surface area (Å²) in [5, 5.41) is 4.35. The van der Waals surface area contributed by atoms with Crippen LogP contribution in [-0.2, 0) is 16.1 Å². The zero-order valence-electron chi connectivity index (χ0n) is 18.3. The van der Waals surface area contributed by atoms with Gasteiger partial charge in [-0.15, -0.1) is 0 Å². The van der Waals surface area contributed by atoms with Crippen LogP contribution in [-0.4, -0.2) is 34.9 Å². The maximum Gasteiger partial charge on any atom is 0.261 e. The highest BCUT2D eigenvalue weighted by atomic mass is 35.5. The number of hydrogen-bond acceptors (Lipinski definition) is 3. The predicted molar refractivity (Wildman–Crippen MR) is 126 cm³/mol. The highest BCUT2D eigenvalue weighted by Crippen LogP contribution is 2.27. The number of rotatable bonds is 7. The molecule has 0 spiro atoms. The third-order valence-electron chi connectivity index (χ3n) is 4.55. The Bertz CT molecular complexity index is 937. The molecule has 1 atom stereocenters. The van der Waals surface area contributed by atoms with E-state index in [2.05, 4.69) is 5.32 Å². The molecule has 0 saturated carbocycles. The molecule has 2 aromatic carbocycles. The molecule has 0 aliphatic carbocycles. The van der Waals surface area contributed by atoms with Crippen LogP contribution in [0.2, 0.25) is 15.1 Å². The van der Waals surface area contributed by atoms with Gasteiger partial charge in [0.05, 0.1) is 0 Å². The fraction of sp³-hybridized carbons (Fsp3) is 0.391. The van der Waals surface area contributed by atoms with Crippen molar-refractivity contribution in [1.29, 1.82) is 0 Å². The van der Waals surface area contributed by atoms with Crippen molar-refractivity contribution < 1.29 is 14.3 Å². The minimum absolute atomic E-state index is 0.0685. The number of benzene rings is 2. The Labute approximate surface area is 198 Å². The quantitative estimate of drug-likeness (QED) is 0.550. The van der Waals surface area contributed by atoms with Gasteiger partial charge in [0.2, 0.25) is 5.91 Å². The van der Waals surface area contributed by atoms with Crippen molar-refractivity contribution in [2.24, 2.45) is 0 Å².